The largest absolute Gasteiger partial charge is 0.451 e. The summed E-state index contributed by atoms with van der Waals surface area (Å²) in [5.74, 6) is -2.38. The molecule has 2 aromatic rings. The summed E-state index contributed by atoms with van der Waals surface area (Å²) in [5, 5.41) is 2.77. The highest BCUT2D eigenvalue weighted by Crippen LogP contribution is 2.32. The molecular weight excluding hydrogens is 604 g/mol. The number of piperazine rings is 1. The highest BCUT2D eigenvalue weighted by molar-refractivity contribution is 7.89. The first-order chi connectivity index (χ1) is 20.2. The fourth-order valence-corrected chi connectivity index (χ4v) is 6.36. The third kappa shape index (κ3) is 8.47. The Morgan fingerprint density at radius 1 is 0.930 bits per heavy atom. The molecule has 10 nitrogen and oxygen atoms in total. The van der Waals surface area contributed by atoms with Gasteiger partial charge in [0.15, 0.2) is 0 Å². The second-order valence-corrected chi connectivity index (χ2v) is 12.5. The van der Waals surface area contributed by atoms with Crippen molar-refractivity contribution in [1.29, 1.82) is 0 Å². The number of nitrogens with two attached hydrogens (primary N) is 1. The predicted octanol–water partition coefficient (Wildman–Crippen LogP) is 2.50. The Balaban J connectivity index is 1.40. The van der Waals surface area contributed by atoms with Crippen molar-refractivity contribution in [3.63, 3.8) is 0 Å². The molecule has 43 heavy (non-hydrogen) atoms. The van der Waals surface area contributed by atoms with Gasteiger partial charge in [-0.05, 0) is 37.0 Å². The fourth-order valence-electron chi connectivity index (χ4n) is 5.08. The van der Waals surface area contributed by atoms with Crippen LogP contribution in [0.2, 0.25) is 0 Å². The van der Waals surface area contributed by atoms with Crippen LogP contribution in [0, 0.1) is 5.92 Å². The molecule has 1 unspecified atom stereocenters. The summed E-state index contributed by atoms with van der Waals surface area (Å²) >= 11 is 0. The number of benzene rings is 1. The van der Waals surface area contributed by atoms with Crippen molar-refractivity contribution in [1.82, 2.24) is 19.6 Å². The number of piperidine rings is 1. The van der Waals surface area contributed by atoms with Crippen molar-refractivity contribution in [3.8, 4) is 0 Å². The summed E-state index contributed by atoms with van der Waals surface area (Å²) in [7, 11) is -3.56. The lowest BCUT2D eigenvalue weighted by Gasteiger charge is -2.36. The molecule has 17 heteroatoms. The Morgan fingerprint density at radius 2 is 1.56 bits per heavy atom. The van der Waals surface area contributed by atoms with Gasteiger partial charge in [-0.25, -0.2) is 18.4 Å². The highest BCUT2D eigenvalue weighted by Gasteiger charge is 2.38. The first-order valence-electron chi connectivity index (χ1n) is 13.8. The van der Waals surface area contributed by atoms with Crippen LogP contribution in [0.4, 0.5) is 38.0 Å². The van der Waals surface area contributed by atoms with E-state index in [9.17, 15) is 39.6 Å². The topological polar surface area (TPSA) is 125 Å². The maximum Gasteiger partial charge on any atom is 0.451 e. The van der Waals surface area contributed by atoms with Gasteiger partial charge < -0.3 is 20.9 Å². The number of halogens is 6. The zero-order valence-corrected chi connectivity index (χ0v) is 24.0. The third-order valence-electron chi connectivity index (χ3n) is 7.39. The molecule has 2 saturated heterocycles. The van der Waals surface area contributed by atoms with Gasteiger partial charge in [-0.1, -0.05) is 12.1 Å². The van der Waals surface area contributed by atoms with Crippen LogP contribution in [0.15, 0.2) is 30.3 Å². The van der Waals surface area contributed by atoms with E-state index in [1.165, 1.54) is 22.5 Å². The lowest BCUT2D eigenvalue weighted by atomic mass is 9.97. The number of rotatable bonds is 9. The quantitative estimate of drug-likeness (QED) is 0.402. The number of nitrogens with one attached hydrogen (secondary N) is 1. The minimum Gasteiger partial charge on any atom is -0.356 e. The van der Waals surface area contributed by atoms with Gasteiger partial charge in [0, 0.05) is 58.4 Å². The Labute approximate surface area is 245 Å². The van der Waals surface area contributed by atoms with Crippen LogP contribution >= 0.6 is 0 Å². The maximum atomic E-state index is 13.8. The SMILES string of the molecule is NCCS(=O)(=O)N1CCN(c2cc(N3CCCC(C(=O)NCCc4ccc(C(F)(F)F)cc4)C3)nc(C(F)(F)F)n2)CC1. The molecule has 1 atom stereocenters. The van der Waals surface area contributed by atoms with Crippen molar-refractivity contribution < 1.29 is 39.6 Å². The van der Waals surface area contributed by atoms with E-state index in [-0.39, 0.29) is 69.1 Å². The fraction of sp³-hybridized carbons (Fsp3) is 0.577. The smallest absolute Gasteiger partial charge is 0.356 e. The Hall–Kier alpha value is -3.18. The number of anilines is 2. The molecule has 2 aliphatic heterocycles. The number of hydrogen-bond donors (Lipinski definition) is 2. The predicted molar refractivity (Wildman–Crippen MR) is 147 cm³/mol. The number of amides is 1. The molecule has 1 amide bonds. The summed E-state index contributed by atoms with van der Waals surface area (Å²) in [4.78, 5) is 23.5. The van der Waals surface area contributed by atoms with E-state index < -0.39 is 39.7 Å². The normalized spacial score (nSPS) is 19.0. The first kappa shape index (κ1) is 32.7. The monoisotopic (exact) mass is 637 g/mol. The number of alkyl halides is 6. The third-order valence-corrected chi connectivity index (χ3v) is 9.30. The summed E-state index contributed by atoms with van der Waals surface area (Å²) < 4.78 is 105. The number of aromatic nitrogens is 2. The van der Waals surface area contributed by atoms with Crippen molar-refractivity contribution in [2.45, 2.75) is 31.6 Å². The molecular formula is C26H33F6N7O3S. The average Bonchev–Trinajstić information content (AvgIpc) is 2.96. The Morgan fingerprint density at radius 3 is 2.14 bits per heavy atom. The molecule has 238 valence electrons. The second-order valence-electron chi connectivity index (χ2n) is 10.4. The summed E-state index contributed by atoms with van der Waals surface area (Å²) in [5.41, 5.74) is 5.23. The van der Waals surface area contributed by atoms with Crippen molar-refractivity contribution >= 4 is 27.6 Å². The van der Waals surface area contributed by atoms with Crippen LogP contribution in [0.5, 0.6) is 0 Å². The molecule has 2 fully saturated rings. The van der Waals surface area contributed by atoms with Crippen molar-refractivity contribution in [2.24, 2.45) is 11.7 Å². The molecule has 3 N–H and O–H groups in total. The van der Waals surface area contributed by atoms with E-state index in [0.717, 1.165) is 12.1 Å². The standard InChI is InChI=1S/C26H33F6N7O3S/c27-25(28,29)20-5-3-18(4-6-20)7-9-34-23(40)19-2-1-10-38(17-19)22-16-21(35-24(36-22)26(30,31)32)37-11-13-39(14-12-37)43(41,42)15-8-33/h3-6,16,19H,1-2,7-15,17,33H2,(H,34,40). The van der Waals surface area contributed by atoms with E-state index >= 15 is 0 Å². The number of hydrogen-bond acceptors (Lipinski definition) is 8. The zero-order chi connectivity index (χ0) is 31.4. The molecule has 0 bridgehead atoms. The van der Waals surface area contributed by atoms with Crippen molar-refractivity contribution in [2.75, 3.05) is 67.9 Å². The van der Waals surface area contributed by atoms with Gasteiger partial charge in [0.2, 0.25) is 21.8 Å². The van der Waals surface area contributed by atoms with Gasteiger partial charge in [-0.15, -0.1) is 0 Å². The Kier molecular flexibility index (Phi) is 10.1. The number of carbonyl (C=O) groups is 1. The van der Waals surface area contributed by atoms with Gasteiger partial charge in [-0.2, -0.15) is 30.6 Å². The van der Waals surface area contributed by atoms with E-state index in [1.807, 2.05) is 0 Å². The molecule has 0 spiro atoms. The van der Waals surface area contributed by atoms with Crippen molar-refractivity contribution in [3.05, 3.63) is 47.3 Å². The highest BCUT2D eigenvalue weighted by atomic mass is 32.2. The summed E-state index contributed by atoms with van der Waals surface area (Å²) in [6.45, 7) is 1.02. The maximum absolute atomic E-state index is 13.8. The zero-order valence-electron chi connectivity index (χ0n) is 23.2. The van der Waals surface area contributed by atoms with E-state index in [4.69, 9.17) is 5.73 Å². The average molecular weight is 638 g/mol. The number of carbonyl (C=O) groups excluding carboxylic acids is 1. The molecule has 3 heterocycles. The first-order valence-corrected chi connectivity index (χ1v) is 15.4. The van der Waals surface area contributed by atoms with Crippen LogP contribution in [0.25, 0.3) is 0 Å². The summed E-state index contributed by atoms with van der Waals surface area (Å²) in [6, 6.07) is 6.07. The van der Waals surface area contributed by atoms with E-state index in [0.29, 0.717) is 31.4 Å². The lowest BCUT2D eigenvalue weighted by Crippen LogP contribution is -2.50. The molecule has 2 aliphatic rings. The van der Waals surface area contributed by atoms with Gasteiger partial charge in [-0.3, -0.25) is 4.79 Å². The summed E-state index contributed by atoms with van der Waals surface area (Å²) in [6.07, 6.45) is -7.93. The van der Waals surface area contributed by atoms with E-state index in [1.54, 1.807) is 9.80 Å². The Bertz CT molecular complexity index is 1360. The van der Waals surface area contributed by atoms with Gasteiger partial charge in [0.25, 0.3) is 0 Å². The molecule has 0 saturated carbocycles. The van der Waals surface area contributed by atoms with Gasteiger partial charge in [0.1, 0.15) is 11.6 Å². The van der Waals surface area contributed by atoms with E-state index in [2.05, 4.69) is 15.3 Å². The molecule has 1 aromatic carbocycles. The van der Waals surface area contributed by atoms with Crippen LogP contribution < -0.4 is 20.9 Å². The van der Waals surface area contributed by atoms with Crippen LogP contribution in [-0.2, 0) is 33.6 Å². The van der Waals surface area contributed by atoms with Crippen LogP contribution in [0.1, 0.15) is 29.8 Å². The molecule has 4 rings (SSSR count). The minimum atomic E-state index is -4.83. The lowest BCUT2D eigenvalue weighted by molar-refractivity contribution is -0.145. The number of sulfonamides is 1. The van der Waals surface area contributed by atoms with Crippen LogP contribution in [-0.4, -0.2) is 86.7 Å². The molecule has 0 aliphatic carbocycles. The molecule has 0 radical (unpaired) electrons. The van der Waals surface area contributed by atoms with Gasteiger partial charge >= 0.3 is 12.4 Å². The number of nitrogens with zero attached hydrogens (tertiary/aromatic N) is 5. The van der Waals surface area contributed by atoms with Gasteiger partial charge in [0.05, 0.1) is 17.2 Å². The minimum absolute atomic E-state index is 0.0105. The second kappa shape index (κ2) is 13.2. The molecule has 1 aromatic heterocycles. The van der Waals surface area contributed by atoms with Crippen LogP contribution in [0.3, 0.4) is 0 Å².